The van der Waals surface area contributed by atoms with Gasteiger partial charge in [0.2, 0.25) is 0 Å². The molecule has 0 aromatic carbocycles. The van der Waals surface area contributed by atoms with Gasteiger partial charge in [-0.1, -0.05) is 0 Å². The van der Waals surface area contributed by atoms with Gasteiger partial charge in [0.05, 0.1) is 5.22 Å². The van der Waals surface area contributed by atoms with Crippen LogP contribution in [-0.4, -0.2) is 22.1 Å². The standard InChI is InChI=1S/C7H15NOSi/c8-5-4-7(10)3-1-2-6-9-7/h4-5H,1-3,6,8H2,10H3. The summed E-state index contributed by atoms with van der Waals surface area (Å²) >= 11 is 0. The minimum absolute atomic E-state index is 0.0625. The molecule has 1 unspecified atom stereocenters. The molecule has 3 heteroatoms. The van der Waals surface area contributed by atoms with Gasteiger partial charge in [0, 0.05) is 16.8 Å². The van der Waals surface area contributed by atoms with E-state index in [4.69, 9.17) is 10.5 Å². The predicted molar refractivity (Wildman–Crippen MR) is 45.8 cm³/mol. The second kappa shape index (κ2) is 3.21. The highest BCUT2D eigenvalue weighted by atomic mass is 28.1. The Balaban J connectivity index is 2.48. The molecular weight excluding hydrogens is 142 g/mol. The Morgan fingerprint density at radius 3 is 2.80 bits per heavy atom. The minimum Gasteiger partial charge on any atom is -0.405 e. The van der Waals surface area contributed by atoms with Gasteiger partial charge >= 0.3 is 0 Å². The molecule has 0 spiro atoms. The van der Waals surface area contributed by atoms with Crippen molar-refractivity contribution in [2.45, 2.75) is 24.5 Å². The van der Waals surface area contributed by atoms with E-state index in [-0.39, 0.29) is 5.22 Å². The third-order valence-electron chi connectivity index (χ3n) is 1.95. The van der Waals surface area contributed by atoms with E-state index in [1.807, 2.05) is 6.08 Å². The summed E-state index contributed by atoms with van der Waals surface area (Å²) in [5.74, 6) is 0. The maximum atomic E-state index is 5.60. The highest BCUT2D eigenvalue weighted by Crippen LogP contribution is 2.22. The minimum atomic E-state index is 0.0625. The number of hydrogen-bond donors (Lipinski definition) is 1. The maximum Gasteiger partial charge on any atom is 0.0672 e. The molecule has 1 rings (SSSR count). The molecule has 0 bridgehead atoms. The molecule has 1 aliphatic rings. The van der Waals surface area contributed by atoms with Crippen LogP contribution in [0, 0.1) is 0 Å². The third kappa shape index (κ3) is 1.85. The smallest absolute Gasteiger partial charge is 0.0672 e. The van der Waals surface area contributed by atoms with Crippen LogP contribution in [0.15, 0.2) is 12.3 Å². The molecule has 1 saturated heterocycles. The average molecular weight is 157 g/mol. The second-order valence-electron chi connectivity index (χ2n) is 2.98. The van der Waals surface area contributed by atoms with E-state index in [2.05, 4.69) is 0 Å². The molecule has 1 aliphatic heterocycles. The lowest BCUT2D eigenvalue weighted by atomic mass is 10.1. The summed E-state index contributed by atoms with van der Waals surface area (Å²) in [5.41, 5.74) is 5.31. The Labute approximate surface area is 64.9 Å². The topological polar surface area (TPSA) is 35.2 Å². The van der Waals surface area contributed by atoms with Crippen molar-refractivity contribution < 1.29 is 4.74 Å². The maximum absolute atomic E-state index is 5.60. The number of ether oxygens (including phenoxy) is 1. The van der Waals surface area contributed by atoms with Crippen molar-refractivity contribution in [3.63, 3.8) is 0 Å². The molecule has 1 heterocycles. The van der Waals surface area contributed by atoms with Gasteiger partial charge in [-0.25, -0.2) is 0 Å². The highest BCUT2D eigenvalue weighted by Gasteiger charge is 2.23. The summed E-state index contributed by atoms with van der Waals surface area (Å²) in [5, 5.41) is 0.0625. The summed E-state index contributed by atoms with van der Waals surface area (Å²) in [4.78, 5) is 0. The molecule has 2 nitrogen and oxygen atoms in total. The first-order valence-electron chi connectivity index (χ1n) is 3.80. The van der Waals surface area contributed by atoms with Crippen LogP contribution in [-0.2, 0) is 4.74 Å². The summed E-state index contributed by atoms with van der Waals surface area (Å²) < 4.78 is 5.60. The normalized spacial score (nSPS) is 35.2. The number of rotatable bonds is 1. The fourth-order valence-corrected chi connectivity index (χ4v) is 2.04. The monoisotopic (exact) mass is 157 g/mol. The zero-order chi connectivity index (χ0) is 7.45. The molecule has 1 atom stereocenters. The SMILES string of the molecule is NC=CC1([SiH3])CCCCO1. The quantitative estimate of drug-likeness (QED) is 0.531. The van der Waals surface area contributed by atoms with E-state index in [9.17, 15) is 0 Å². The van der Waals surface area contributed by atoms with Crippen molar-refractivity contribution >= 4 is 10.2 Å². The Hall–Kier alpha value is -0.283. The van der Waals surface area contributed by atoms with E-state index in [1.54, 1.807) is 6.20 Å². The molecule has 0 saturated carbocycles. The van der Waals surface area contributed by atoms with E-state index in [1.165, 1.54) is 12.8 Å². The van der Waals surface area contributed by atoms with Crippen LogP contribution in [0.3, 0.4) is 0 Å². The van der Waals surface area contributed by atoms with E-state index in [0.717, 1.165) is 23.3 Å². The third-order valence-corrected chi connectivity index (χ3v) is 3.07. The molecule has 0 aliphatic carbocycles. The van der Waals surface area contributed by atoms with Crippen molar-refractivity contribution in [2.24, 2.45) is 5.73 Å². The lowest BCUT2D eigenvalue weighted by Gasteiger charge is -2.30. The fourth-order valence-electron chi connectivity index (χ4n) is 1.29. The summed E-state index contributed by atoms with van der Waals surface area (Å²) in [6.07, 6.45) is 7.26. The molecule has 0 radical (unpaired) electrons. The molecule has 1 fully saturated rings. The van der Waals surface area contributed by atoms with Gasteiger partial charge in [-0.05, 0) is 31.5 Å². The Kier molecular flexibility index (Phi) is 2.51. The van der Waals surface area contributed by atoms with E-state index >= 15 is 0 Å². The lowest BCUT2D eigenvalue weighted by Crippen LogP contribution is -2.34. The predicted octanol–water partition coefficient (Wildman–Crippen LogP) is -0.279. The largest absolute Gasteiger partial charge is 0.405 e. The van der Waals surface area contributed by atoms with Crippen molar-refractivity contribution in [1.29, 1.82) is 0 Å². The van der Waals surface area contributed by atoms with Crippen LogP contribution in [0.25, 0.3) is 0 Å². The Bertz CT molecular complexity index is 130. The van der Waals surface area contributed by atoms with Crippen molar-refractivity contribution in [3.8, 4) is 0 Å². The summed E-state index contributed by atoms with van der Waals surface area (Å²) in [6.45, 7) is 0.911. The van der Waals surface area contributed by atoms with E-state index < -0.39 is 0 Å². The molecule has 0 aromatic rings. The highest BCUT2D eigenvalue weighted by molar-refractivity contribution is 6.16. The van der Waals surface area contributed by atoms with Crippen LogP contribution < -0.4 is 5.73 Å². The van der Waals surface area contributed by atoms with Crippen LogP contribution in [0.4, 0.5) is 0 Å². The van der Waals surface area contributed by atoms with Crippen LogP contribution in [0.5, 0.6) is 0 Å². The van der Waals surface area contributed by atoms with Gasteiger partial charge in [-0.3, -0.25) is 0 Å². The van der Waals surface area contributed by atoms with Crippen molar-refractivity contribution in [3.05, 3.63) is 12.3 Å². The van der Waals surface area contributed by atoms with Crippen LogP contribution in [0.1, 0.15) is 19.3 Å². The van der Waals surface area contributed by atoms with Gasteiger partial charge in [-0.15, -0.1) is 0 Å². The molecule has 58 valence electrons. The van der Waals surface area contributed by atoms with Gasteiger partial charge < -0.3 is 10.5 Å². The first-order valence-corrected chi connectivity index (χ1v) is 4.80. The van der Waals surface area contributed by atoms with E-state index in [0.29, 0.717) is 0 Å². The van der Waals surface area contributed by atoms with Gasteiger partial charge in [0.25, 0.3) is 0 Å². The van der Waals surface area contributed by atoms with Crippen LogP contribution in [0.2, 0.25) is 0 Å². The Morgan fingerprint density at radius 1 is 1.50 bits per heavy atom. The molecule has 10 heavy (non-hydrogen) atoms. The molecule has 0 aromatic heterocycles. The first-order chi connectivity index (χ1) is 4.77. The average Bonchev–Trinajstić information content (AvgIpc) is 1.89. The number of nitrogens with two attached hydrogens (primary N) is 1. The number of hydrogen-bond acceptors (Lipinski definition) is 2. The van der Waals surface area contributed by atoms with Crippen molar-refractivity contribution in [2.75, 3.05) is 6.61 Å². The summed E-state index contributed by atoms with van der Waals surface area (Å²) in [6, 6.07) is 0. The molecular formula is C7H15NOSi. The molecule has 2 N–H and O–H groups in total. The van der Waals surface area contributed by atoms with Crippen LogP contribution >= 0.6 is 0 Å². The Morgan fingerprint density at radius 2 is 2.30 bits per heavy atom. The fraction of sp³-hybridized carbons (Fsp3) is 0.714. The summed E-state index contributed by atoms with van der Waals surface area (Å²) in [7, 11) is 1.05. The molecule has 0 amide bonds. The van der Waals surface area contributed by atoms with Gasteiger partial charge in [0.1, 0.15) is 0 Å². The first kappa shape index (κ1) is 7.82. The van der Waals surface area contributed by atoms with Gasteiger partial charge in [-0.2, -0.15) is 0 Å². The lowest BCUT2D eigenvalue weighted by molar-refractivity contribution is 0.0153. The van der Waals surface area contributed by atoms with Gasteiger partial charge in [0.15, 0.2) is 0 Å². The van der Waals surface area contributed by atoms with Crippen molar-refractivity contribution in [1.82, 2.24) is 0 Å². The zero-order valence-corrected chi connectivity index (χ0v) is 8.47. The zero-order valence-electron chi connectivity index (χ0n) is 6.47. The second-order valence-corrected chi connectivity index (χ2v) is 4.67.